The van der Waals surface area contributed by atoms with Crippen LogP contribution >= 0.6 is 0 Å². The van der Waals surface area contributed by atoms with Gasteiger partial charge in [0.1, 0.15) is 5.69 Å². The van der Waals surface area contributed by atoms with Crippen molar-refractivity contribution in [2.24, 2.45) is 11.3 Å². The average molecular weight is 389 g/mol. The van der Waals surface area contributed by atoms with Crippen molar-refractivity contribution in [1.82, 2.24) is 5.32 Å². The molecule has 1 aromatic rings. The number of hydrogen-bond acceptors (Lipinski definition) is 5. The summed E-state index contributed by atoms with van der Waals surface area (Å²) >= 11 is 0. The maximum atomic E-state index is 13.1. The number of nitrogens with one attached hydrogen (secondary N) is 2. The van der Waals surface area contributed by atoms with Crippen molar-refractivity contribution in [2.45, 2.75) is 58.4 Å². The standard InChI is InChI=1S/C21H32N4O3/c1-14-5-7-15(8-6-14)23-20(26)16-11-19(25(27)28)17(22-3)12-18(16)24(4)13-21(2)9-10-21/h11-12,14-15,22H,5-10,13H2,1-4H3,(H,23,26)/t14-,15-. The summed E-state index contributed by atoms with van der Waals surface area (Å²) in [5.74, 6) is 0.484. The predicted octanol–water partition coefficient (Wildman–Crippen LogP) is 4.18. The number of hydrogen-bond donors (Lipinski definition) is 2. The van der Waals surface area contributed by atoms with E-state index >= 15 is 0 Å². The minimum atomic E-state index is -0.434. The molecule has 0 radical (unpaired) electrons. The minimum Gasteiger partial charge on any atom is -0.383 e. The minimum absolute atomic E-state index is 0.0697. The van der Waals surface area contributed by atoms with Crippen LogP contribution in [0.25, 0.3) is 0 Å². The van der Waals surface area contributed by atoms with E-state index in [1.165, 1.54) is 18.9 Å². The highest BCUT2D eigenvalue weighted by Crippen LogP contribution is 2.46. The molecule has 2 N–H and O–H groups in total. The van der Waals surface area contributed by atoms with Crippen LogP contribution in [0.15, 0.2) is 12.1 Å². The second kappa shape index (κ2) is 7.97. The molecule has 7 nitrogen and oxygen atoms in total. The van der Waals surface area contributed by atoms with E-state index in [9.17, 15) is 14.9 Å². The Kier molecular flexibility index (Phi) is 5.82. The lowest BCUT2D eigenvalue weighted by Crippen LogP contribution is -2.38. The summed E-state index contributed by atoms with van der Waals surface area (Å²) in [7, 11) is 3.63. The second-order valence-electron chi connectivity index (χ2n) is 8.99. The average Bonchev–Trinajstić information content (AvgIpc) is 3.38. The predicted molar refractivity (Wildman–Crippen MR) is 112 cm³/mol. The van der Waals surface area contributed by atoms with E-state index < -0.39 is 4.92 Å². The molecule has 0 saturated heterocycles. The zero-order valence-corrected chi connectivity index (χ0v) is 17.4. The Labute approximate surface area is 167 Å². The monoisotopic (exact) mass is 388 g/mol. The van der Waals surface area contributed by atoms with Crippen molar-refractivity contribution in [3.8, 4) is 0 Å². The van der Waals surface area contributed by atoms with Crippen LogP contribution in [-0.2, 0) is 0 Å². The number of nitro groups is 1. The van der Waals surface area contributed by atoms with Gasteiger partial charge in [-0.1, -0.05) is 13.8 Å². The van der Waals surface area contributed by atoms with Gasteiger partial charge in [0.15, 0.2) is 0 Å². The molecule has 0 unspecified atom stereocenters. The van der Waals surface area contributed by atoms with Crippen LogP contribution in [0.1, 0.15) is 62.7 Å². The quantitative estimate of drug-likeness (QED) is 0.540. The van der Waals surface area contributed by atoms with Gasteiger partial charge >= 0.3 is 0 Å². The van der Waals surface area contributed by atoms with Crippen molar-refractivity contribution in [2.75, 3.05) is 30.9 Å². The maximum Gasteiger partial charge on any atom is 0.293 e. The van der Waals surface area contributed by atoms with Gasteiger partial charge in [-0.3, -0.25) is 14.9 Å². The number of nitro benzene ring substituents is 1. The SMILES string of the molecule is CNc1cc(N(C)CC2(C)CC2)c(C(=O)N[C@H]2CC[C@H](C)CC2)cc1[N+](=O)[O-]. The highest BCUT2D eigenvalue weighted by Gasteiger charge is 2.39. The highest BCUT2D eigenvalue weighted by atomic mass is 16.6. The topological polar surface area (TPSA) is 87.5 Å². The van der Waals surface area contributed by atoms with E-state index in [0.717, 1.165) is 37.9 Å². The van der Waals surface area contributed by atoms with Gasteiger partial charge in [-0.25, -0.2) is 0 Å². The molecule has 0 bridgehead atoms. The first-order valence-electron chi connectivity index (χ1n) is 10.2. The van der Waals surface area contributed by atoms with Gasteiger partial charge in [0.25, 0.3) is 11.6 Å². The molecule has 1 amide bonds. The first-order valence-corrected chi connectivity index (χ1v) is 10.2. The Hall–Kier alpha value is -2.31. The molecule has 0 heterocycles. The van der Waals surface area contributed by atoms with Gasteiger partial charge in [-0.15, -0.1) is 0 Å². The van der Waals surface area contributed by atoms with Crippen LogP contribution in [0.3, 0.4) is 0 Å². The second-order valence-corrected chi connectivity index (χ2v) is 8.99. The van der Waals surface area contributed by atoms with Crippen LogP contribution < -0.4 is 15.5 Å². The summed E-state index contributed by atoms with van der Waals surface area (Å²) in [5, 5.41) is 17.5. The normalized spacial score (nSPS) is 23.0. The summed E-state index contributed by atoms with van der Waals surface area (Å²) in [6.45, 7) is 5.30. The zero-order valence-electron chi connectivity index (χ0n) is 17.4. The Balaban J connectivity index is 1.90. The molecule has 2 aliphatic rings. The lowest BCUT2D eigenvalue weighted by atomic mass is 9.87. The van der Waals surface area contributed by atoms with E-state index in [1.54, 1.807) is 13.1 Å². The molecule has 2 fully saturated rings. The maximum absolute atomic E-state index is 13.1. The Bertz CT molecular complexity index is 752. The van der Waals surface area contributed by atoms with E-state index in [-0.39, 0.29) is 23.1 Å². The molecule has 2 saturated carbocycles. The van der Waals surface area contributed by atoms with Gasteiger partial charge in [0, 0.05) is 32.7 Å². The molecule has 2 aliphatic carbocycles. The van der Waals surface area contributed by atoms with Gasteiger partial charge in [-0.05, 0) is 55.9 Å². The third-order valence-corrected chi connectivity index (χ3v) is 6.31. The molecule has 0 aromatic heterocycles. The van der Waals surface area contributed by atoms with Gasteiger partial charge in [-0.2, -0.15) is 0 Å². The van der Waals surface area contributed by atoms with Gasteiger partial charge < -0.3 is 15.5 Å². The summed E-state index contributed by atoms with van der Waals surface area (Å²) in [4.78, 5) is 26.2. The molecule has 0 spiro atoms. The smallest absolute Gasteiger partial charge is 0.293 e. The lowest BCUT2D eigenvalue weighted by molar-refractivity contribution is -0.383. The van der Waals surface area contributed by atoms with Crippen LogP contribution in [0.2, 0.25) is 0 Å². The molecule has 7 heteroatoms. The molecule has 0 atom stereocenters. The molecular weight excluding hydrogens is 356 g/mol. The first-order chi connectivity index (χ1) is 13.2. The first kappa shape index (κ1) is 20.4. The van der Waals surface area contributed by atoms with Gasteiger partial charge in [0.05, 0.1) is 16.2 Å². The molecule has 3 rings (SSSR count). The number of rotatable bonds is 7. The number of carbonyl (C=O) groups is 1. The largest absolute Gasteiger partial charge is 0.383 e. The fraction of sp³-hybridized carbons (Fsp3) is 0.667. The Morgan fingerprint density at radius 1 is 1.29 bits per heavy atom. The molecular formula is C21H32N4O3. The van der Waals surface area contributed by atoms with E-state index in [2.05, 4.69) is 29.4 Å². The molecule has 1 aromatic carbocycles. The van der Waals surface area contributed by atoms with Crippen LogP contribution in [0, 0.1) is 21.4 Å². The van der Waals surface area contributed by atoms with Crippen molar-refractivity contribution < 1.29 is 9.72 Å². The van der Waals surface area contributed by atoms with Crippen LogP contribution in [0.5, 0.6) is 0 Å². The number of amides is 1. The summed E-state index contributed by atoms with van der Waals surface area (Å²) in [6.07, 6.45) is 6.49. The van der Waals surface area contributed by atoms with Crippen LogP contribution in [-0.4, -0.2) is 37.5 Å². The highest BCUT2D eigenvalue weighted by molar-refractivity contribution is 6.02. The van der Waals surface area contributed by atoms with E-state index in [4.69, 9.17) is 0 Å². The van der Waals surface area contributed by atoms with E-state index in [0.29, 0.717) is 17.2 Å². The molecule has 28 heavy (non-hydrogen) atoms. The number of carbonyl (C=O) groups excluding carboxylic acids is 1. The molecule has 0 aliphatic heterocycles. The fourth-order valence-electron chi connectivity index (χ4n) is 4.12. The van der Waals surface area contributed by atoms with Gasteiger partial charge in [0.2, 0.25) is 0 Å². The van der Waals surface area contributed by atoms with Crippen molar-refractivity contribution in [1.29, 1.82) is 0 Å². The van der Waals surface area contributed by atoms with Crippen molar-refractivity contribution >= 4 is 23.0 Å². The number of anilines is 2. The third kappa shape index (κ3) is 4.56. The van der Waals surface area contributed by atoms with Crippen molar-refractivity contribution in [3.05, 3.63) is 27.8 Å². The zero-order chi connectivity index (χ0) is 20.5. The third-order valence-electron chi connectivity index (χ3n) is 6.31. The summed E-state index contributed by atoms with van der Waals surface area (Å²) in [5.41, 5.74) is 1.75. The summed E-state index contributed by atoms with van der Waals surface area (Å²) in [6, 6.07) is 3.31. The van der Waals surface area contributed by atoms with Crippen molar-refractivity contribution in [3.63, 3.8) is 0 Å². The lowest BCUT2D eigenvalue weighted by Gasteiger charge is -2.29. The number of benzene rings is 1. The molecule has 154 valence electrons. The fourth-order valence-corrected chi connectivity index (χ4v) is 4.12. The number of nitrogens with zero attached hydrogens (tertiary/aromatic N) is 2. The Morgan fingerprint density at radius 3 is 2.46 bits per heavy atom. The Morgan fingerprint density at radius 2 is 1.93 bits per heavy atom. The van der Waals surface area contributed by atoms with E-state index in [1.807, 2.05) is 7.05 Å². The summed E-state index contributed by atoms with van der Waals surface area (Å²) < 4.78 is 0. The van der Waals surface area contributed by atoms with Crippen LogP contribution in [0.4, 0.5) is 17.1 Å².